The normalized spacial score (nSPS) is 24.0. The summed E-state index contributed by atoms with van der Waals surface area (Å²) in [4.78, 5) is 5.44. The summed E-state index contributed by atoms with van der Waals surface area (Å²) >= 11 is 0. The molecule has 3 rings (SSSR count). The second kappa shape index (κ2) is 7.42. The second-order valence-electron chi connectivity index (χ2n) is 6.94. The predicted molar refractivity (Wildman–Crippen MR) is 89.7 cm³/mol. The van der Waals surface area contributed by atoms with Gasteiger partial charge in [-0.15, -0.1) is 0 Å². The Morgan fingerprint density at radius 2 is 1.62 bits per heavy atom. The minimum atomic E-state index is 0.651. The van der Waals surface area contributed by atoms with Gasteiger partial charge in [0.05, 0.1) is 0 Å². The van der Waals surface area contributed by atoms with Crippen molar-refractivity contribution in [1.29, 1.82) is 0 Å². The lowest BCUT2D eigenvalue weighted by atomic mass is 9.97. The van der Waals surface area contributed by atoms with E-state index >= 15 is 0 Å². The molecule has 0 radical (unpaired) electrons. The van der Waals surface area contributed by atoms with E-state index in [-0.39, 0.29) is 0 Å². The molecule has 116 valence electrons. The van der Waals surface area contributed by atoms with Crippen LogP contribution in [0.5, 0.6) is 0 Å². The highest BCUT2D eigenvalue weighted by molar-refractivity contribution is 5.19. The molecule has 2 saturated heterocycles. The molecule has 0 bridgehead atoms. The number of hydrogen-bond donors (Lipinski definition) is 0. The van der Waals surface area contributed by atoms with Crippen molar-refractivity contribution in [2.45, 2.75) is 51.0 Å². The molecule has 2 fully saturated rings. The summed E-state index contributed by atoms with van der Waals surface area (Å²) in [7, 11) is 0. The predicted octanol–water partition coefficient (Wildman–Crippen LogP) is 3.74. The van der Waals surface area contributed by atoms with Crippen LogP contribution in [-0.2, 0) is 0 Å². The van der Waals surface area contributed by atoms with Gasteiger partial charge < -0.3 is 9.80 Å². The Labute approximate surface area is 130 Å². The van der Waals surface area contributed by atoms with Gasteiger partial charge in [-0.25, -0.2) is 0 Å². The molecule has 0 aromatic heterocycles. The van der Waals surface area contributed by atoms with Crippen molar-refractivity contribution in [2.24, 2.45) is 0 Å². The molecule has 0 saturated carbocycles. The van der Waals surface area contributed by atoms with Crippen molar-refractivity contribution in [3.8, 4) is 0 Å². The molecule has 2 aliphatic rings. The van der Waals surface area contributed by atoms with Crippen LogP contribution in [0, 0.1) is 0 Å². The molecule has 1 aromatic rings. The molecule has 21 heavy (non-hydrogen) atoms. The molecule has 1 atom stereocenters. The van der Waals surface area contributed by atoms with E-state index in [0.717, 1.165) is 6.04 Å². The van der Waals surface area contributed by atoms with E-state index in [1.54, 1.807) is 0 Å². The van der Waals surface area contributed by atoms with Crippen LogP contribution in [0.15, 0.2) is 30.3 Å². The third kappa shape index (κ3) is 4.08. The number of benzene rings is 1. The summed E-state index contributed by atoms with van der Waals surface area (Å²) in [5, 5.41) is 0. The first kappa shape index (κ1) is 15.1. The maximum atomic E-state index is 2.77. The Morgan fingerprint density at radius 1 is 0.952 bits per heavy atom. The average Bonchev–Trinajstić information content (AvgIpc) is 2.57. The highest BCUT2D eigenvalue weighted by Crippen LogP contribution is 2.23. The van der Waals surface area contributed by atoms with Crippen molar-refractivity contribution in [3.63, 3.8) is 0 Å². The Hall–Kier alpha value is -0.860. The zero-order chi connectivity index (χ0) is 14.5. The van der Waals surface area contributed by atoms with Gasteiger partial charge in [0.1, 0.15) is 0 Å². The summed E-state index contributed by atoms with van der Waals surface area (Å²) in [5.74, 6) is 0.651. The van der Waals surface area contributed by atoms with Crippen LogP contribution >= 0.6 is 0 Å². The number of rotatable bonds is 4. The van der Waals surface area contributed by atoms with Gasteiger partial charge in [-0.2, -0.15) is 0 Å². The van der Waals surface area contributed by atoms with Gasteiger partial charge in [0, 0.05) is 12.6 Å². The summed E-state index contributed by atoms with van der Waals surface area (Å²) in [6.45, 7) is 8.87. The fourth-order valence-corrected chi connectivity index (χ4v) is 4.02. The standard InChI is InChI=1S/C19H30N2/c1-17(18-8-4-2-5-9-18)16-20-14-10-19(11-15-20)21-12-6-3-7-13-21/h2,4-5,8-9,17,19H,3,6-7,10-16H2,1H3/t17-/m1/s1. The highest BCUT2D eigenvalue weighted by Gasteiger charge is 2.26. The molecule has 2 nitrogen and oxygen atoms in total. The Balaban J connectivity index is 1.45. The molecule has 2 heteroatoms. The zero-order valence-corrected chi connectivity index (χ0v) is 13.5. The summed E-state index contributed by atoms with van der Waals surface area (Å²) < 4.78 is 0. The van der Waals surface area contributed by atoms with Crippen LogP contribution in [0.3, 0.4) is 0 Å². The molecule has 0 amide bonds. The fraction of sp³-hybridized carbons (Fsp3) is 0.684. The number of piperidine rings is 2. The molecular formula is C19H30N2. The maximum Gasteiger partial charge on any atom is 0.0120 e. The smallest absolute Gasteiger partial charge is 0.0120 e. The minimum absolute atomic E-state index is 0.651. The topological polar surface area (TPSA) is 6.48 Å². The van der Waals surface area contributed by atoms with Crippen molar-refractivity contribution < 1.29 is 0 Å². The molecule has 0 spiro atoms. The Bertz CT molecular complexity index is 403. The van der Waals surface area contributed by atoms with E-state index in [2.05, 4.69) is 47.1 Å². The SMILES string of the molecule is C[C@H](CN1CCC(N2CCCCC2)CC1)c1ccccc1. The monoisotopic (exact) mass is 286 g/mol. The van der Waals surface area contributed by atoms with Crippen molar-refractivity contribution >= 4 is 0 Å². The highest BCUT2D eigenvalue weighted by atomic mass is 15.2. The Morgan fingerprint density at radius 3 is 2.29 bits per heavy atom. The Kier molecular flexibility index (Phi) is 5.32. The lowest BCUT2D eigenvalue weighted by Gasteiger charge is -2.40. The largest absolute Gasteiger partial charge is 0.303 e. The van der Waals surface area contributed by atoms with Crippen molar-refractivity contribution in [2.75, 3.05) is 32.7 Å². The summed E-state index contributed by atoms with van der Waals surface area (Å²) in [6, 6.07) is 11.8. The number of hydrogen-bond acceptors (Lipinski definition) is 2. The summed E-state index contributed by atoms with van der Waals surface area (Å²) in [6.07, 6.45) is 7.05. The number of likely N-dealkylation sites (tertiary alicyclic amines) is 2. The fourth-order valence-electron chi connectivity index (χ4n) is 4.02. The first-order valence-electron chi connectivity index (χ1n) is 8.84. The van der Waals surface area contributed by atoms with E-state index in [4.69, 9.17) is 0 Å². The third-order valence-corrected chi connectivity index (χ3v) is 5.36. The van der Waals surface area contributed by atoms with Crippen LogP contribution in [0.25, 0.3) is 0 Å². The zero-order valence-electron chi connectivity index (χ0n) is 13.5. The third-order valence-electron chi connectivity index (χ3n) is 5.36. The van der Waals surface area contributed by atoms with Gasteiger partial charge in [-0.05, 0) is 63.3 Å². The van der Waals surface area contributed by atoms with Gasteiger partial charge in [-0.3, -0.25) is 0 Å². The molecule has 2 aliphatic heterocycles. The molecule has 2 heterocycles. The van der Waals surface area contributed by atoms with Gasteiger partial charge in [0.15, 0.2) is 0 Å². The van der Waals surface area contributed by atoms with E-state index in [1.165, 1.54) is 70.4 Å². The average molecular weight is 286 g/mol. The molecule has 1 aromatic carbocycles. The molecular weight excluding hydrogens is 256 g/mol. The van der Waals surface area contributed by atoms with Crippen LogP contribution in [0.4, 0.5) is 0 Å². The van der Waals surface area contributed by atoms with Crippen LogP contribution in [0.2, 0.25) is 0 Å². The first-order chi connectivity index (χ1) is 10.3. The van der Waals surface area contributed by atoms with Crippen molar-refractivity contribution in [1.82, 2.24) is 9.80 Å². The van der Waals surface area contributed by atoms with Gasteiger partial charge in [0.25, 0.3) is 0 Å². The lowest BCUT2D eigenvalue weighted by molar-refractivity contribution is 0.0905. The summed E-state index contributed by atoms with van der Waals surface area (Å²) in [5.41, 5.74) is 1.48. The van der Waals surface area contributed by atoms with E-state index in [0.29, 0.717) is 5.92 Å². The van der Waals surface area contributed by atoms with Gasteiger partial charge in [-0.1, -0.05) is 43.7 Å². The van der Waals surface area contributed by atoms with Crippen LogP contribution < -0.4 is 0 Å². The van der Waals surface area contributed by atoms with Crippen LogP contribution in [-0.4, -0.2) is 48.6 Å². The quantitative estimate of drug-likeness (QED) is 0.832. The first-order valence-corrected chi connectivity index (χ1v) is 8.84. The number of nitrogens with zero attached hydrogens (tertiary/aromatic N) is 2. The van der Waals surface area contributed by atoms with E-state index in [1.807, 2.05) is 0 Å². The van der Waals surface area contributed by atoms with E-state index in [9.17, 15) is 0 Å². The van der Waals surface area contributed by atoms with Crippen LogP contribution in [0.1, 0.15) is 50.5 Å². The van der Waals surface area contributed by atoms with Gasteiger partial charge >= 0.3 is 0 Å². The second-order valence-corrected chi connectivity index (χ2v) is 6.94. The van der Waals surface area contributed by atoms with Crippen molar-refractivity contribution in [3.05, 3.63) is 35.9 Å². The molecule has 0 N–H and O–H groups in total. The van der Waals surface area contributed by atoms with Gasteiger partial charge in [0.2, 0.25) is 0 Å². The molecule has 0 aliphatic carbocycles. The van der Waals surface area contributed by atoms with E-state index < -0.39 is 0 Å². The molecule has 0 unspecified atom stereocenters. The lowest BCUT2D eigenvalue weighted by Crippen LogP contribution is -2.47. The maximum absolute atomic E-state index is 2.77. The minimum Gasteiger partial charge on any atom is -0.303 e.